The molecule has 0 saturated carbocycles. The Morgan fingerprint density at radius 1 is 0.867 bits per heavy atom. The normalized spacial score (nSPS) is 68.3. The van der Waals surface area contributed by atoms with Crippen LogP contribution in [0.2, 0.25) is 0 Å². The van der Waals surface area contributed by atoms with E-state index in [0.29, 0.717) is 0 Å². The molecule has 0 aromatic carbocycles. The van der Waals surface area contributed by atoms with Crippen molar-refractivity contribution in [3.8, 4) is 0 Å². The summed E-state index contributed by atoms with van der Waals surface area (Å²) in [5.41, 5.74) is 0. The maximum Gasteiger partial charge on any atom is 0.290 e. The maximum absolute atomic E-state index is 5.78. The average molecular weight is 206 g/mol. The largest absolute Gasteiger partial charge is 0.455 e. The van der Waals surface area contributed by atoms with Crippen LogP contribution in [-0.4, -0.2) is 23.1 Å². The Bertz CT molecular complexity index is 458. The van der Waals surface area contributed by atoms with Crippen molar-refractivity contribution in [3.05, 3.63) is 23.7 Å². The summed E-state index contributed by atoms with van der Waals surface area (Å²) >= 11 is 0. The Kier molecular flexibility index (Phi) is 0.588. The molecule has 4 heterocycles. The van der Waals surface area contributed by atoms with Gasteiger partial charge in [-0.1, -0.05) is 0 Å². The molecule has 0 unspecified atom stereocenters. The van der Waals surface area contributed by atoms with E-state index in [2.05, 4.69) is 0 Å². The molecule has 0 aromatic rings. The van der Waals surface area contributed by atoms with Crippen molar-refractivity contribution in [1.82, 2.24) is 0 Å². The highest BCUT2D eigenvalue weighted by atomic mass is 17.1. The molecular weight excluding hydrogens is 200 g/mol. The van der Waals surface area contributed by atoms with Crippen molar-refractivity contribution in [2.75, 3.05) is 0 Å². The molecule has 5 nitrogen and oxygen atoms in total. The van der Waals surface area contributed by atoms with Crippen LogP contribution in [0, 0.1) is 0 Å². The molecule has 0 amide bonds. The summed E-state index contributed by atoms with van der Waals surface area (Å²) in [6.45, 7) is 0. The summed E-state index contributed by atoms with van der Waals surface area (Å²) in [7, 11) is 0. The monoisotopic (exact) mass is 206 g/mol. The van der Waals surface area contributed by atoms with E-state index in [1.54, 1.807) is 0 Å². The van der Waals surface area contributed by atoms with E-state index in [0.717, 1.165) is 24.4 Å². The van der Waals surface area contributed by atoms with Crippen LogP contribution < -0.4 is 0 Å². The number of hydrogen-bond acceptors (Lipinski definition) is 5. The molecule has 0 N–H and O–H groups in total. The molecule has 76 valence electrons. The third-order valence-electron chi connectivity index (χ3n) is 4.05. The third-order valence-corrected chi connectivity index (χ3v) is 4.05. The second kappa shape index (κ2) is 1.33. The van der Waals surface area contributed by atoms with Crippen molar-refractivity contribution in [2.45, 2.75) is 36.0 Å². The smallest absolute Gasteiger partial charge is 0.290 e. The van der Waals surface area contributed by atoms with E-state index in [-0.39, 0.29) is 11.6 Å². The zero-order chi connectivity index (χ0) is 9.52. The fraction of sp³-hybridized carbons (Fsp3) is 0.600. The van der Waals surface area contributed by atoms with Crippen LogP contribution in [0.25, 0.3) is 0 Å². The van der Waals surface area contributed by atoms with E-state index in [1.165, 1.54) is 0 Å². The molecule has 0 spiro atoms. The Hall–Kier alpha value is -0.880. The van der Waals surface area contributed by atoms with Gasteiger partial charge in [0, 0.05) is 12.8 Å². The van der Waals surface area contributed by atoms with Crippen molar-refractivity contribution in [1.29, 1.82) is 0 Å². The maximum atomic E-state index is 5.78. The van der Waals surface area contributed by atoms with Crippen LogP contribution in [-0.2, 0) is 23.7 Å². The van der Waals surface area contributed by atoms with Gasteiger partial charge in [-0.25, -0.2) is 0 Å². The first-order valence-electron chi connectivity index (χ1n) is 5.14. The van der Waals surface area contributed by atoms with Gasteiger partial charge >= 0.3 is 0 Å². The summed E-state index contributed by atoms with van der Waals surface area (Å²) in [6.07, 6.45) is 5.62. The zero-order valence-corrected chi connectivity index (χ0v) is 7.61. The van der Waals surface area contributed by atoms with Gasteiger partial charge in [-0.3, -0.25) is 18.9 Å². The van der Waals surface area contributed by atoms with Gasteiger partial charge in [-0.15, -0.1) is 0 Å². The lowest BCUT2D eigenvalue weighted by Crippen LogP contribution is -2.14. The van der Waals surface area contributed by atoms with Gasteiger partial charge in [0.25, 0.3) is 11.6 Å². The molecule has 6 aliphatic rings. The quantitative estimate of drug-likeness (QED) is 0.615. The first kappa shape index (κ1) is 6.65. The predicted molar refractivity (Wildman–Crippen MR) is 41.7 cm³/mol. The minimum Gasteiger partial charge on any atom is -0.455 e. The van der Waals surface area contributed by atoms with Gasteiger partial charge in [-0.05, 0) is 12.2 Å². The molecule has 0 bridgehead atoms. The number of hydrogen-bond donors (Lipinski definition) is 0. The minimum absolute atomic E-state index is 0.342. The molecule has 0 atom stereocenters. The van der Waals surface area contributed by atoms with Crippen molar-refractivity contribution in [2.24, 2.45) is 0 Å². The van der Waals surface area contributed by atoms with Crippen LogP contribution >= 0.6 is 0 Å². The van der Waals surface area contributed by atoms with E-state index >= 15 is 0 Å². The summed E-state index contributed by atoms with van der Waals surface area (Å²) in [4.78, 5) is 0. The summed E-state index contributed by atoms with van der Waals surface area (Å²) < 4.78 is 27.4. The van der Waals surface area contributed by atoms with Gasteiger partial charge in [-0.2, -0.15) is 0 Å². The second-order valence-corrected chi connectivity index (χ2v) is 4.79. The molecule has 2 aliphatic carbocycles. The first-order valence-corrected chi connectivity index (χ1v) is 5.14. The van der Waals surface area contributed by atoms with Crippen molar-refractivity contribution in [3.63, 3.8) is 0 Å². The highest BCUT2D eigenvalue weighted by Crippen LogP contribution is 2.80. The fourth-order valence-electron chi connectivity index (χ4n) is 2.91. The lowest BCUT2D eigenvalue weighted by atomic mass is 10.3. The van der Waals surface area contributed by atoms with Crippen LogP contribution in [0.5, 0.6) is 0 Å². The summed E-state index contributed by atoms with van der Waals surface area (Å²) in [5.74, 6) is -0.204. The highest BCUT2D eigenvalue weighted by Gasteiger charge is 2.98. The Labute approximate surface area is 84.2 Å². The Balaban J connectivity index is 1.37. The van der Waals surface area contributed by atoms with Crippen LogP contribution in [0.1, 0.15) is 12.8 Å². The summed E-state index contributed by atoms with van der Waals surface area (Å²) in [5, 5.41) is 0. The number of ether oxygens (including phenoxy) is 5. The van der Waals surface area contributed by atoms with E-state index in [9.17, 15) is 0 Å². The van der Waals surface area contributed by atoms with E-state index in [1.807, 2.05) is 12.2 Å². The first-order chi connectivity index (χ1) is 7.25. The van der Waals surface area contributed by atoms with Gasteiger partial charge in [0.15, 0.2) is 11.5 Å². The SMILES string of the molecule is C1=C(OC2=CCC34OC23O4)C23OC2(C1)O3. The second-order valence-electron chi connectivity index (χ2n) is 4.79. The van der Waals surface area contributed by atoms with Gasteiger partial charge < -0.3 is 4.74 Å². The lowest BCUT2D eigenvalue weighted by molar-refractivity contribution is -0.120. The molecule has 4 aliphatic heterocycles. The van der Waals surface area contributed by atoms with Crippen LogP contribution in [0.4, 0.5) is 0 Å². The van der Waals surface area contributed by atoms with Gasteiger partial charge in [0.05, 0.1) is 0 Å². The molecule has 4 saturated heterocycles. The minimum atomic E-state index is -0.528. The summed E-state index contributed by atoms with van der Waals surface area (Å²) in [6, 6.07) is 0. The Morgan fingerprint density at radius 3 is 1.60 bits per heavy atom. The fourth-order valence-corrected chi connectivity index (χ4v) is 2.91. The van der Waals surface area contributed by atoms with Gasteiger partial charge in [0.1, 0.15) is 0 Å². The predicted octanol–water partition coefficient (Wildman–Crippen LogP) is 0.484. The number of epoxide rings is 4. The molecular formula is C10H6O5. The average Bonchev–Trinajstić information content (AvgIpc) is 3.06. The molecule has 15 heavy (non-hydrogen) atoms. The molecule has 0 aromatic heterocycles. The topological polar surface area (TPSA) is 59.4 Å². The molecule has 5 heteroatoms. The molecule has 0 radical (unpaired) electrons. The molecule has 6 rings (SSSR count). The lowest BCUT2D eigenvalue weighted by Gasteiger charge is -2.15. The van der Waals surface area contributed by atoms with Crippen molar-refractivity contribution < 1.29 is 23.7 Å². The highest BCUT2D eigenvalue weighted by molar-refractivity contribution is 5.45. The van der Waals surface area contributed by atoms with E-state index in [4.69, 9.17) is 23.7 Å². The van der Waals surface area contributed by atoms with Crippen LogP contribution in [0.3, 0.4) is 0 Å². The number of rotatable bonds is 2. The molecule has 4 fully saturated rings. The van der Waals surface area contributed by atoms with Crippen LogP contribution in [0.15, 0.2) is 23.7 Å². The Morgan fingerprint density at radius 2 is 1.33 bits per heavy atom. The van der Waals surface area contributed by atoms with Crippen molar-refractivity contribution >= 4 is 0 Å². The van der Waals surface area contributed by atoms with Gasteiger partial charge in [0.2, 0.25) is 11.6 Å². The zero-order valence-electron chi connectivity index (χ0n) is 7.61. The third kappa shape index (κ3) is 0.434. The standard InChI is InChI=1S/C10H6O5/c1-3-7-9(12-7,13-7)5(1)11-6-2-4-8-10(6,14-8)15-8/h1-2H,3-4H2. The van der Waals surface area contributed by atoms with E-state index < -0.39 is 11.6 Å².